The monoisotopic (exact) mass is 304 g/mol. The average Bonchev–Trinajstić information content (AvgIpc) is 2.17. The zero-order valence-electron chi connectivity index (χ0n) is 9.71. The van der Waals surface area contributed by atoms with E-state index in [1.807, 2.05) is 0 Å². The number of carbonyl (C=O) groups is 1. The first-order valence-corrected chi connectivity index (χ1v) is 4.89. The van der Waals surface area contributed by atoms with E-state index in [4.69, 9.17) is 5.73 Å². The van der Waals surface area contributed by atoms with Crippen molar-refractivity contribution in [2.24, 2.45) is 0 Å². The van der Waals surface area contributed by atoms with Gasteiger partial charge in [-0.3, -0.25) is 4.79 Å². The molecule has 1 aromatic carbocycles. The highest BCUT2D eigenvalue weighted by atomic mass is 19.4. The molecule has 0 saturated carbocycles. The largest absolute Gasteiger partial charge is 0.419 e. The predicted molar refractivity (Wildman–Crippen MR) is 55.1 cm³/mol. The summed E-state index contributed by atoms with van der Waals surface area (Å²) in [7, 11) is 0. The lowest BCUT2D eigenvalue weighted by molar-refractivity contribution is -0.163. The van der Waals surface area contributed by atoms with Gasteiger partial charge < -0.3 is 11.1 Å². The van der Waals surface area contributed by atoms with Gasteiger partial charge in [-0.05, 0) is 6.07 Å². The second kappa shape index (κ2) is 4.84. The van der Waals surface area contributed by atoms with Crippen LogP contribution in [-0.2, 0) is 17.1 Å². The molecule has 1 aromatic rings. The van der Waals surface area contributed by atoms with Gasteiger partial charge in [-0.2, -0.15) is 26.3 Å². The van der Waals surface area contributed by atoms with Crippen molar-refractivity contribution in [1.29, 1.82) is 0 Å². The first kappa shape index (κ1) is 16.1. The summed E-state index contributed by atoms with van der Waals surface area (Å²) in [6.45, 7) is 0.774. The molecule has 3 N–H and O–H groups in total. The van der Waals surface area contributed by atoms with Crippen LogP contribution in [0, 0.1) is 5.82 Å². The first-order chi connectivity index (χ1) is 8.85. The van der Waals surface area contributed by atoms with Gasteiger partial charge in [-0.15, -0.1) is 0 Å². The van der Waals surface area contributed by atoms with E-state index in [0.717, 1.165) is 6.92 Å². The van der Waals surface area contributed by atoms with Gasteiger partial charge in [0.15, 0.2) is 0 Å². The van der Waals surface area contributed by atoms with Crippen LogP contribution in [-0.4, -0.2) is 5.91 Å². The Labute approximate surface area is 107 Å². The Morgan fingerprint density at radius 1 is 1.10 bits per heavy atom. The molecule has 3 nitrogen and oxygen atoms in total. The van der Waals surface area contributed by atoms with E-state index in [9.17, 15) is 35.5 Å². The number of halogens is 7. The lowest BCUT2D eigenvalue weighted by Gasteiger charge is -2.21. The fourth-order valence-corrected chi connectivity index (χ4v) is 1.54. The molecule has 0 atom stereocenters. The van der Waals surface area contributed by atoms with Gasteiger partial charge in [0.25, 0.3) is 0 Å². The van der Waals surface area contributed by atoms with Crippen LogP contribution in [0.25, 0.3) is 0 Å². The summed E-state index contributed by atoms with van der Waals surface area (Å²) in [6.07, 6.45) is -11.2. The minimum Gasteiger partial charge on any atom is -0.397 e. The normalized spacial score (nSPS) is 12.4. The van der Waals surface area contributed by atoms with Gasteiger partial charge in [0, 0.05) is 6.92 Å². The number of nitrogens with one attached hydrogen (secondary N) is 1. The van der Waals surface area contributed by atoms with Crippen LogP contribution < -0.4 is 11.1 Å². The molecule has 0 heterocycles. The van der Waals surface area contributed by atoms with Crippen molar-refractivity contribution in [2.75, 3.05) is 11.1 Å². The number of rotatable bonds is 1. The third-order valence-electron chi connectivity index (χ3n) is 2.18. The standard InChI is InChI=1S/C10H7F7N2O/c1-3(20)19-8-5(18)2-4(11)6(9(12,13)14)7(8)10(15,16)17/h2H,18H2,1H3,(H,19,20). The molecule has 20 heavy (non-hydrogen) atoms. The summed E-state index contributed by atoms with van der Waals surface area (Å²) in [6, 6.07) is 0.0728. The molecule has 0 saturated heterocycles. The third kappa shape index (κ3) is 3.11. The van der Waals surface area contributed by atoms with Crippen molar-refractivity contribution in [3.8, 4) is 0 Å². The van der Waals surface area contributed by atoms with Gasteiger partial charge in [0.2, 0.25) is 5.91 Å². The van der Waals surface area contributed by atoms with Crippen molar-refractivity contribution < 1.29 is 35.5 Å². The van der Waals surface area contributed by atoms with E-state index in [0.29, 0.717) is 0 Å². The summed E-state index contributed by atoms with van der Waals surface area (Å²) in [5.74, 6) is -3.25. The molecule has 0 fully saturated rings. The van der Waals surface area contributed by atoms with Gasteiger partial charge in [0.05, 0.1) is 16.9 Å². The maximum absolute atomic E-state index is 13.2. The maximum atomic E-state index is 13.2. The van der Waals surface area contributed by atoms with Crippen LogP contribution in [0.5, 0.6) is 0 Å². The molecule has 0 radical (unpaired) electrons. The van der Waals surface area contributed by atoms with E-state index in [1.54, 1.807) is 0 Å². The van der Waals surface area contributed by atoms with Crippen molar-refractivity contribution in [1.82, 2.24) is 0 Å². The second-order valence-electron chi connectivity index (χ2n) is 3.75. The Morgan fingerprint density at radius 3 is 1.90 bits per heavy atom. The Hall–Kier alpha value is -2.00. The molecule has 1 amide bonds. The minimum absolute atomic E-state index is 0.0728. The maximum Gasteiger partial charge on any atom is 0.419 e. The number of benzene rings is 1. The Kier molecular flexibility index (Phi) is 3.88. The lowest BCUT2D eigenvalue weighted by Crippen LogP contribution is -2.23. The smallest absolute Gasteiger partial charge is 0.397 e. The van der Waals surface area contributed by atoms with E-state index in [-0.39, 0.29) is 6.07 Å². The average molecular weight is 304 g/mol. The molecule has 1 rings (SSSR count). The zero-order valence-corrected chi connectivity index (χ0v) is 9.71. The highest BCUT2D eigenvalue weighted by molar-refractivity contribution is 5.94. The van der Waals surface area contributed by atoms with Gasteiger partial charge in [-0.1, -0.05) is 0 Å². The molecule has 0 aromatic heterocycles. The first-order valence-electron chi connectivity index (χ1n) is 4.89. The SMILES string of the molecule is CC(=O)Nc1c(N)cc(F)c(C(F)(F)F)c1C(F)(F)F. The van der Waals surface area contributed by atoms with Gasteiger partial charge in [-0.25, -0.2) is 4.39 Å². The molecule has 10 heteroatoms. The number of nitrogen functional groups attached to an aromatic ring is 1. The van der Waals surface area contributed by atoms with Crippen molar-refractivity contribution in [3.05, 3.63) is 23.0 Å². The topological polar surface area (TPSA) is 55.1 Å². The molecule has 0 aliphatic rings. The number of carbonyl (C=O) groups excluding carboxylic acids is 1. The molecule has 0 aliphatic carbocycles. The Balaban J connectivity index is 3.81. The molecule has 0 spiro atoms. The number of nitrogens with two attached hydrogens (primary N) is 1. The summed E-state index contributed by atoms with van der Waals surface area (Å²) in [5.41, 5.74) is -2.11. The second-order valence-corrected chi connectivity index (χ2v) is 3.75. The summed E-state index contributed by atoms with van der Waals surface area (Å²) >= 11 is 0. The summed E-state index contributed by atoms with van der Waals surface area (Å²) in [4.78, 5) is 10.8. The number of hydrogen-bond acceptors (Lipinski definition) is 2. The highest BCUT2D eigenvalue weighted by Crippen LogP contribution is 2.47. The highest BCUT2D eigenvalue weighted by Gasteiger charge is 2.48. The summed E-state index contributed by atoms with van der Waals surface area (Å²) in [5, 5.41) is 1.54. The van der Waals surface area contributed by atoms with E-state index >= 15 is 0 Å². The van der Waals surface area contributed by atoms with Crippen molar-refractivity contribution >= 4 is 17.3 Å². The molecular weight excluding hydrogens is 297 g/mol. The Bertz CT molecular complexity index is 548. The number of amides is 1. The fourth-order valence-electron chi connectivity index (χ4n) is 1.54. The molecular formula is C10H7F7N2O. The fraction of sp³-hybridized carbons (Fsp3) is 0.300. The van der Waals surface area contributed by atoms with Crippen LogP contribution >= 0.6 is 0 Å². The Morgan fingerprint density at radius 2 is 1.55 bits per heavy atom. The van der Waals surface area contributed by atoms with Crippen LogP contribution in [0.4, 0.5) is 42.1 Å². The van der Waals surface area contributed by atoms with Gasteiger partial charge >= 0.3 is 12.4 Å². The summed E-state index contributed by atoms with van der Waals surface area (Å²) < 4.78 is 89.4. The quantitative estimate of drug-likeness (QED) is 0.617. The van der Waals surface area contributed by atoms with Crippen molar-refractivity contribution in [3.63, 3.8) is 0 Å². The molecule has 112 valence electrons. The number of anilines is 2. The van der Waals surface area contributed by atoms with Crippen LogP contribution in [0.15, 0.2) is 6.07 Å². The molecule has 0 unspecified atom stereocenters. The number of alkyl halides is 6. The molecule has 0 aliphatic heterocycles. The number of hydrogen-bond donors (Lipinski definition) is 2. The van der Waals surface area contributed by atoms with Crippen LogP contribution in [0.3, 0.4) is 0 Å². The van der Waals surface area contributed by atoms with E-state index < -0.39 is 46.6 Å². The van der Waals surface area contributed by atoms with Crippen molar-refractivity contribution in [2.45, 2.75) is 19.3 Å². The minimum atomic E-state index is -5.60. The van der Waals surface area contributed by atoms with E-state index in [1.165, 1.54) is 5.32 Å². The molecule has 0 bridgehead atoms. The third-order valence-corrected chi connectivity index (χ3v) is 2.18. The van der Waals surface area contributed by atoms with Crippen LogP contribution in [0.2, 0.25) is 0 Å². The lowest BCUT2D eigenvalue weighted by atomic mass is 10.0. The van der Waals surface area contributed by atoms with Crippen LogP contribution in [0.1, 0.15) is 18.1 Å². The van der Waals surface area contributed by atoms with E-state index in [2.05, 4.69) is 0 Å². The predicted octanol–water partition coefficient (Wildman–Crippen LogP) is 3.40. The zero-order chi connectivity index (χ0) is 15.9. The van der Waals surface area contributed by atoms with Gasteiger partial charge in [0.1, 0.15) is 11.4 Å².